The zero-order valence-electron chi connectivity index (χ0n) is 11.0. The molecule has 10 heteroatoms. The van der Waals surface area contributed by atoms with E-state index in [1.165, 1.54) is 24.3 Å². The summed E-state index contributed by atoms with van der Waals surface area (Å²) in [6.45, 7) is 0. The second-order valence-corrected chi connectivity index (χ2v) is 6.61. The summed E-state index contributed by atoms with van der Waals surface area (Å²) in [7, 11) is -7.12. The Morgan fingerprint density at radius 2 is 1.50 bits per heavy atom. The monoisotopic (exact) mass is 426 g/mol. The Morgan fingerprint density at radius 1 is 0.955 bits per heavy atom. The molecule has 0 aliphatic rings. The third kappa shape index (κ3) is 3.86. The summed E-state index contributed by atoms with van der Waals surface area (Å²) in [5, 5.41) is 0. The molecular formula is C12H12MoN2O5S2+2. The van der Waals surface area contributed by atoms with Gasteiger partial charge in [0, 0.05) is 11.4 Å². The van der Waals surface area contributed by atoms with Crippen LogP contribution in [0, 0.1) is 0 Å². The summed E-state index contributed by atoms with van der Waals surface area (Å²) in [6.07, 6.45) is 0. The maximum Gasteiger partial charge on any atom is 2.00 e. The van der Waals surface area contributed by atoms with E-state index in [1.807, 2.05) is 0 Å². The molecule has 0 aliphatic carbocycles. The predicted molar refractivity (Wildman–Crippen MR) is 78.5 cm³/mol. The molecule has 0 heterocycles. The average Bonchev–Trinajstić information content (AvgIpc) is 2.38. The van der Waals surface area contributed by atoms with Crippen molar-refractivity contribution in [3.05, 3.63) is 36.4 Å². The molecule has 6 N–H and O–H groups in total. The van der Waals surface area contributed by atoms with E-state index >= 15 is 0 Å². The molecule has 2 rings (SSSR count). The number of anilines is 2. The van der Waals surface area contributed by atoms with Gasteiger partial charge in [0.05, 0.1) is 0 Å². The standard InChI is InChI=1S/C12H11N2O5S2.Mo/c13-8-3-1-7(2-4-8)12-10(20(15)16)5-9(14)6-11(12)21(17,18)19;/h1-6H,13-14H2,(H,17,18,19);/q-1;+2/p+1. The van der Waals surface area contributed by atoms with Crippen LogP contribution in [0.25, 0.3) is 11.1 Å². The topological polar surface area (TPSA) is 143 Å². The maximum atomic E-state index is 11.6. The Morgan fingerprint density at radius 3 is 1.95 bits per heavy atom. The molecule has 0 saturated heterocycles. The van der Waals surface area contributed by atoms with E-state index in [2.05, 4.69) is 0 Å². The molecule has 22 heavy (non-hydrogen) atoms. The summed E-state index contributed by atoms with van der Waals surface area (Å²) in [6, 6.07) is 8.17. The van der Waals surface area contributed by atoms with Gasteiger partial charge in [0.1, 0.15) is 0 Å². The van der Waals surface area contributed by atoms with Crippen molar-refractivity contribution in [2.45, 2.75) is 9.79 Å². The van der Waals surface area contributed by atoms with E-state index in [0.717, 1.165) is 12.1 Å². The van der Waals surface area contributed by atoms with Crippen LogP contribution in [0.15, 0.2) is 46.2 Å². The van der Waals surface area contributed by atoms with Crippen molar-refractivity contribution in [2.24, 2.45) is 0 Å². The van der Waals surface area contributed by atoms with Gasteiger partial charge in [-0.15, -0.1) is 8.42 Å². The zero-order valence-corrected chi connectivity index (χ0v) is 14.6. The SMILES string of the molecule is Nc1ccc(-c2c([S-](=O)=O)cc(N)cc2S(=O)(=O)[OH2+])cc1.[Mo+2]. The first-order chi connectivity index (χ1) is 9.70. The second kappa shape index (κ2) is 6.78. The third-order valence-electron chi connectivity index (χ3n) is 2.76. The van der Waals surface area contributed by atoms with Crippen molar-refractivity contribution in [2.75, 3.05) is 11.5 Å². The normalized spacial score (nSPS) is 11.2. The van der Waals surface area contributed by atoms with E-state index in [-0.39, 0.29) is 37.2 Å². The predicted octanol–water partition coefficient (Wildman–Crippen LogP) is 0.597. The Labute approximate surface area is 143 Å². The molecule has 116 valence electrons. The van der Waals surface area contributed by atoms with Crippen LogP contribution in [0.3, 0.4) is 0 Å². The minimum atomic E-state index is -4.40. The fourth-order valence-corrected chi connectivity index (χ4v) is 3.37. The van der Waals surface area contributed by atoms with Crippen molar-refractivity contribution in [1.82, 2.24) is 0 Å². The van der Waals surface area contributed by atoms with Crippen LogP contribution < -0.4 is 11.5 Å². The molecule has 0 fully saturated rings. The molecule has 0 saturated carbocycles. The summed E-state index contributed by atoms with van der Waals surface area (Å²) >= 11 is 0. The number of hydrogen-bond acceptors (Lipinski definition) is 7. The van der Waals surface area contributed by atoms with Gasteiger partial charge in [0.15, 0.2) is 4.90 Å². The van der Waals surface area contributed by atoms with E-state index in [9.17, 15) is 16.8 Å². The Bertz CT molecular complexity index is 869. The van der Waals surface area contributed by atoms with E-state index in [4.69, 9.17) is 16.0 Å². The van der Waals surface area contributed by atoms with Crippen molar-refractivity contribution >= 4 is 32.2 Å². The summed E-state index contributed by atoms with van der Waals surface area (Å²) in [4.78, 5) is -0.753. The van der Waals surface area contributed by atoms with Crippen molar-refractivity contribution in [3.63, 3.8) is 0 Å². The van der Waals surface area contributed by atoms with Crippen LogP contribution in [0.5, 0.6) is 0 Å². The van der Waals surface area contributed by atoms with Gasteiger partial charge in [-0.25, -0.2) is 0 Å². The van der Waals surface area contributed by atoms with Gasteiger partial charge in [0.25, 0.3) is 0 Å². The van der Waals surface area contributed by atoms with Gasteiger partial charge in [-0.05, 0) is 40.0 Å². The molecule has 0 bridgehead atoms. The van der Waals surface area contributed by atoms with Crippen LogP contribution in [0.1, 0.15) is 0 Å². The van der Waals surface area contributed by atoms with Crippen molar-refractivity contribution in [3.8, 4) is 11.1 Å². The number of benzene rings is 2. The van der Waals surface area contributed by atoms with Crippen molar-refractivity contribution < 1.29 is 42.5 Å². The first kappa shape index (κ1) is 18.6. The number of nitrogens with two attached hydrogens (primary N) is 2. The minimum absolute atomic E-state index is 0. The zero-order chi connectivity index (χ0) is 15.8. The second-order valence-electron chi connectivity index (χ2n) is 4.25. The third-order valence-corrected chi connectivity index (χ3v) is 4.34. The first-order valence-electron chi connectivity index (χ1n) is 5.58. The molecule has 0 unspecified atom stereocenters. The molecule has 0 spiro atoms. The first-order valence-corrected chi connectivity index (χ1v) is 8.14. The van der Waals surface area contributed by atoms with E-state index in [0.29, 0.717) is 11.3 Å². The molecular weight excluding hydrogens is 412 g/mol. The fourth-order valence-electron chi connectivity index (χ4n) is 1.89. The molecule has 0 aromatic heterocycles. The largest absolute Gasteiger partial charge is 2.00 e. The van der Waals surface area contributed by atoms with Gasteiger partial charge >= 0.3 is 31.2 Å². The Hall–Kier alpha value is -1.41. The molecule has 0 aliphatic heterocycles. The van der Waals surface area contributed by atoms with Gasteiger partial charge in [-0.3, -0.25) is 0 Å². The molecule has 0 atom stereocenters. The average molecular weight is 424 g/mol. The van der Waals surface area contributed by atoms with Crippen LogP contribution in [-0.4, -0.2) is 13.0 Å². The van der Waals surface area contributed by atoms with E-state index < -0.39 is 25.7 Å². The minimum Gasteiger partial charge on any atom is -0.420 e. The smallest absolute Gasteiger partial charge is 0.420 e. The fraction of sp³-hybridized carbons (Fsp3) is 0. The van der Waals surface area contributed by atoms with Crippen LogP contribution in [0.2, 0.25) is 0 Å². The quantitative estimate of drug-likeness (QED) is 0.320. The summed E-state index contributed by atoms with van der Waals surface area (Å²) in [5.41, 5.74) is 11.7. The molecule has 2 aromatic rings. The molecule has 7 nitrogen and oxygen atoms in total. The van der Waals surface area contributed by atoms with Gasteiger partial charge in [-0.1, -0.05) is 23.1 Å². The Balaban J connectivity index is 0.00000242. The summed E-state index contributed by atoms with van der Waals surface area (Å²) in [5.74, 6) is 0. The number of rotatable bonds is 3. The van der Waals surface area contributed by atoms with Gasteiger partial charge in [0.2, 0.25) is 0 Å². The van der Waals surface area contributed by atoms with Crippen LogP contribution >= 0.6 is 0 Å². The van der Waals surface area contributed by atoms with Crippen LogP contribution in [-0.2, 0) is 50.3 Å². The molecule has 0 amide bonds. The van der Waals surface area contributed by atoms with E-state index in [1.54, 1.807) is 0 Å². The van der Waals surface area contributed by atoms with Gasteiger partial charge in [-0.2, -0.15) is 0 Å². The maximum absolute atomic E-state index is 11.6. The number of nitrogen functional groups attached to an aromatic ring is 2. The van der Waals surface area contributed by atoms with Crippen LogP contribution in [0.4, 0.5) is 11.4 Å². The van der Waals surface area contributed by atoms with Crippen molar-refractivity contribution in [1.29, 1.82) is 0 Å². The summed E-state index contributed by atoms with van der Waals surface area (Å²) < 4.78 is 53.2. The molecule has 2 aromatic carbocycles. The Kier molecular flexibility index (Phi) is 5.75. The number of hydrogen-bond donors (Lipinski definition) is 2. The molecule has 0 radical (unpaired) electrons. The van der Waals surface area contributed by atoms with Gasteiger partial charge < -0.3 is 24.4 Å².